The molecule has 1 amide bonds. The van der Waals surface area contributed by atoms with Crippen LogP contribution in [0.2, 0.25) is 0 Å². The first-order valence-corrected chi connectivity index (χ1v) is 7.98. The number of nitrogens with zero attached hydrogens (tertiary/aromatic N) is 1. The normalized spacial score (nSPS) is 16.9. The molecule has 6 heteroatoms. The molecule has 2 rings (SSSR count). The molecule has 0 aromatic heterocycles. The van der Waals surface area contributed by atoms with Gasteiger partial charge in [0.2, 0.25) is 5.91 Å². The number of likely N-dealkylation sites (N-methyl/N-ethyl adjacent to an activating group) is 1. The lowest BCUT2D eigenvalue weighted by atomic mass is 10.0. The summed E-state index contributed by atoms with van der Waals surface area (Å²) in [7, 11) is 1.66. The van der Waals surface area contributed by atoms with E-state index >= 15 is 0 Å². The van der Waals surface area contributed by atoms with Crippen molar-refractivity contribution in [3.05, 3.63) is 34.1 Å². The number of amides is 1. The predicted octanol–water partition coefficient (Wildman–Crippen LogP) is 1.89. The molecule has 1 aliphatic rings. The monoisotopic (exact) mass is 357 g/mol. The zero-order chi connectivity index (χ0) is 15.2. The second kappa shape index (κ2) is 7.87. The molecule has 2 N–H and O–H groups in total. The van der Waals surface area contributed by atoms with Gasteiger partial charge in [-0.15, -0.1) is 0 Å². The highest BCUT2D eigenvalue weighted by atomic mass is 79.9. The Hall–Kier alpha value is -0.980. The molecular formula is C15H21BrFN3O. The lowest BCUT2D eigenvalue weighted by Crippen LogP contribution is -2.45. The third kappa shape index (κ3) is 5.05. The molecule has 4 nitrogen and oxygen atoms in total. The second-order valence-electron chi connectivity index (χ2n) is 5.35. The smallest absolute Gasteiger partial charge is 0.233 e. The first kappa shape index (κ1) is 16.4. The van der Waals surface area contributed by atoms with E-state index in [9.17, 15) is 9.18 Å². The van der Waals surface area contributed by atoms with Gasteiger partial charge in [-0.25, -0.2) is 4.39 Å². The van der Waals surface area contributed by atoms with E-state index in [-0.39, 0.29) is 11.7 Å². The first-order valence-electron chi connectivity index (χ1n) is 7.18. The van der Waals surface area contributed by atoms with Gasteiger partial charge < -0.3 is 10.6 Å². The van der Waals surface area contributed by atoms with Crippen molar-refractivity contribution in [2.75, 3.05) is 26.7 Å². The number of nitrogens with one attached hydrogen (secondary N) is 2. The average Bonchev–Trinajstić information content (AvgIpc) is 2.50. The minimum absolute atomic E-state index is 0.0618. The van der Waals surface area contributed by atoms with Crippen LogP contribution in [-0.2, 0) is 11.3 Å². The van der Waals surface area contributed by atoms with Crippen molar-refractivity contribution in [3.63, 3.8) is 0 Å². The molecule has 1 fully saturated rings. The minimum atomic E-state index is -0.227. The van der Waals surface area contributed by atoms with Crippen molar-refractivity contribution in [1.82, 2.24) is 15.5 Å². The largest absolute Gasteiger partial charge is 0.358 e. The summed E-state index contributed by atoms with van der Waals surface area (Å²) in [5.41, 5.74) is 0.948. The Balaban J connectivity index is 1.73. The van der Waals surface area contributed by atoms with Crippen LogP contribution in [0.25, 0.3) is 0 Å². The van der Waals surface area contributed by atoms with Gasteiger partial charge in [0.05, 0.1) is 11.0 Å². The molecule has 0 saturated carbocycles. The molecular weight excluding hydrogens is 337 g/mol. The predicted molar refractivity (Wildman–Crippen MR) is 84.5 cm³/mol. The van der Waals surface area contributed by atoms with E-state index in [0.717, 1.165) is 31.5 Å². The van der Waals surface area contributed by atoms with E-state index < -0.39 is 0 Å². The number of hydrogen-bond donors (Lipinski definition) is 2. The number of carbonyl (C=O) groups excluding carboxylic acids is 1. The maximum atomic E-state index is 13.4. The highest BCUT2D eigenvalue weighted by Gasteiger charge is 2.20. The molecule has 0 aliphatic carbocycles. The number of benzene rings is 1. The summed E-state index contributed by atoms with van der Waals surface area (Å²) in [4.78, 5) is 13.5. The van der Waals surface area contributed by atoms with Crippen LogP contribution in [0.4, 0.5) is 4.39 Å². The van der Waals surface area contributed by atoms with Crippen molar-refractivity contribution in [1.29, 1.82) is 0 Å². The summed E-state index contributed by atoms with van der Waals surface area (Å²) >= 11 is 3.16. The number of carbonyl (C=O) groups is 1. The molecule has 0 radical (unpaired) electrons. The van der Waals surface area contributed by atoms with E-state index in [4.69, 9.17) is 0 Å². The standard InChI is InChI=1S/C15H21BrFN3O/c1-18-15(21)10-20-6-4-12(5-7-20)19-9-11-2-3-13(16)14(17)8-11/h2-3,8,12,19H,4-7,9-10H2,1H3,(H,18,21). The summed E-state index contributed by atoms with van der Waals surface area (Å²) in [5.74, 6) is -0.165. The fourth-order valence-corrected chi connectivity index (χ4v) is 2.74. The molecule has 1 saturated heterocycles. The lowest BCUT2D eigenvalue weighted by molar-refractivity contribution is -0.122. The highest BCUT2D eigenvalue weighted by molar-refractivity contribution is 9.10. The van der Waals surface area contributed by atoms with E-state index in [0.29, 0.717) is 23.6 Å². The Morgan fingerprint density at radius 3 is 2.76 bits per heavy atom. The van der Waals surface area contributed by atoms with Gasteiger partial charge in [-0.1, -0.05) is 6.07 Å². The van der Waals surface area contributed by atoms with Gasteiger partial charge in [0.1, 0.15) is 5.82 Å². The molecule has 0 spiro atoms. The molecule has 0 bridgehead atoms. The van der Waals surface area contributed by atoms with Gasteiger partial charge in [0.25, 0.3) is 0 Å². The molecule has 0 atom stereocenters. The lowest BCUT2D eigenvalue weighted by Gasteiger charge is -2.31. The van der Waals surface area contributed by atoms with E-state index in [1.807, 2.05) is 6.07 Å². The fraction of sp³-hybridized carbons (Fsp3) is 0.533. The molecule has 116 valence electrons. The van der Waals surface area contributed by atoms with Crippen molar-refractivity contribution in [2.24, 2.45) is 0 Å². The van der Waals surface area contributed by atoms with Crippen LogP contribution < -0.4 is 10.6 Å². The summed E-state index contributed by atoms with van der Waals surface area (Å²) < 4.78 is 13.9. The fourth-order valence-electron chi connectivity index (χ4n) is 2.49. The Labute approximate surface area is 133 Å². The summed E-state index contributed by atoms with van der Waals surface area (Å²) in [6, 6.07) is 5.63. The van der Waals surface area contributed by atoms with Gasteiger partial charge in [0, 0.05) is 32.7 Å². The van der Waals surface area contributed by atoms with E-state index in [2.05, 4.69) is 31.5 Å². The van der Waals surface area contributed by atoms with Crippen LogP contribution in [0, 0.1) is 5.82 Å². The maximum Gasteiger partial charge on any atom is 0.233 e. The van der Waals surface area contributed by atoms with Crippen molar-refractivity contribution in [3.8, 4) is 0 Å². The van der Waals surface area contributed by atoms with E-state index in [1.54, 1.807) is 19.2 Å². The number of halogens is 2. The minimum Gasteiger partial charge on any atom is -0.358 e. The van der Waals surface area contributed by atoms with E-state index in [1.165, 1.54) is 0 Å². The van der Waals surface area contributed by atoms with Crippen molar-refractivity contribution in [2.45, 2.75) is 25.4 Å². The molecule has 1 heterocycles. The van der Waals surface area contributed by atoms with Crippen LogP contribution in [-0.4, -0.2) is 43.5 Å². The van der Waals surface area contributed by atoms with Crippen molar-refractivity contribution >= 4 is 21.8 Å². The molecule has 0 unspecified atom stereocenters. The summed E-state index contributed by atoms with van der Waals surface area (Å²) in [5, 5.41) is 6.11. The first-order chi connectivity index (χ1) is 10.1. The Bertz CT molecular complexity index is 490. The summed E-state index contributed by atoms with van der Waals surface area (Å²) in [6.07, 6.45) is 2.02. The van der Waals surface area contributed by atoms with Gasteiger partial charge in [-0.2, -0.15) is 0 Å². The zero-order valence-corrected chi connectivity index (χ0v) is 13.7. The molecule has 1 aromatic rings. The third-order valence-corrected chi connectivity index (χ3v) is 4.46. The molecule has 1 aromatic carbocycles. The van der Waals surface area contributed by atoms with Crippen LogP contribution in [0.1, 0.15) is 18.4 Å². The van der Waals surface area contributed by atoms with Crippen LogP contribution >= 0.6 is 15.9 Å². The number of rotatable bonds is 5. The van der Waals surface area contributed by atoms with Gasteiger partial charge in [-0.3, -0.25) is 9.69 Å². The van der Waals surface area contributed by atoms with Gasteiger partial charge in [0.15, 0.2) is 0 Å². The van der Waals surface area contributed by atoms with Crippen LogP contribution in [0.5, 0.6) is 0 Å². The zero-order valence-electron chi connectivity index (χ0n) is 12.2. The average molecular weight is 358 g/mol. The SMILES string of the molecule is CNC(=O)CN1CCC(NCc2ccc(Br)c(F)c2)CC1. The number of likely N-dealkylation sites (tertiary alicyclic amines) is 1. The van der Waals surface area contributed by atoms with Crippen LogP contribution in [0.3, 0.4) is 0 Å². The van der Waals surface area contributed by atoms with Gasteiger partial charge in [-0.05, 0) is 46.5 Å². The number of piperidine rings is 1. The van der Waals surface area contributed by atoms with Crippen LogP contribution in [0.15, 0.2) is 22.7 Å². The topological polar surface area (TPSA) is 44.4 Å². The Morgan fingerprint density at radius 1 is 1.43 bits per heavy atom. The third-order valence-electron chi connectivity index (χ3n) is 3.81. The second-order valence-corrected chi connectivity index (χ2v) is 6.21. The Kier molecular flexibility index (Phi) is 6.14. The van der Waals surface area contributed by atoms with Crippen molar-refractivity contribution < 1.29 is 9.18 Å². The number of hydrogen-bond acceptors (Lipinski definition) is 3. The molecule has 21 heavy (non-hydrogen) atoms. The Morgan fingerprint density at radius 2 is 2.14 bits per heavy atom. The quantitative estimate of drug-likeness (QED) is 0.845. The maximum absolute atomic E-state index is 13.4. The molecule has 1 aliphatic heterocycles. The highest BCUT2D eigenvalue weighted by Crippen LogP contribution is 2.17. The summed E-state index contributed by atoms with van der Waals surface area (Å²) in [6.45, 7) is 2.98. The van der Waals surface area contributed by atoms with Gasteiger partial charge >= 0.3 is 0 Å².